The summed E-state index contributed by atoms with van der Waals surface area (Å²) in [5.74, 6) is -0.577. The highest BCUT2D eigenvalue weighted by molar-refractivity contribution is 9.10. The van der Waals surface area contributed by atoms with Gasteiger partial charge in [0.05, 0.1) is 4.47 Å². The van der Waals surface area contributed by atoms with Crippen molar-refractivity contribution in [3.63, 3.8) is 0 Å². The number of nitrogens with one attached hydrogen (secondary N) is 1. The number of nitrogens with zero attached hydrogens (tertiary/aromatic N) is 2. The molecule has 0 unspecified atom stereocenters. The second kappa shape index (κ2) is 5.77. The van der Waals surface area contributed by atoms with Crippen LogP contribution in [0.2, 0.25) is 0 Å². The molecule has 6 heteroatoms. The lowest BCUT2D eigenvalue weighted by molar-refractivity contribution is -0.116. The second-order valence-electron chi connectivity index (χ2n) is 3.70. The van der Waals surface area contributed by atoms with Crippen LogP contribution in [0.15, 0.2) is 41.1 Å². The van der Waals surface area contributed by atoms with E-state index in [-0.39, 0.29) is 5.91 Å². The Morgan fingerprint density at radius 3 is 3.00 bits per heavy atom. The van der Waals surface area contributed by atoms with E-state index in [1.54, 1.807) is 35.3 Å². The van der Waals surface area contributed by atoms with Crippen LogP contribution in [0, 0.1) is 5.82 Å². The first-order chi connectivity index (χ1) is 8.65. The van der Waals surface area contributed by atoms with Gasteiger partial charge in [-0.3, -0.25) is 9.48 Å². The van der Waals surface area contributed by atoms with Gasteiger partial charge in [-0.1, -0.05) is 0 Å². The van der Waals surface area contributed by atoms with E-state index in [9.17, 15) is 9.18 Å². The molecule has 4 nitrogen and oxygen atoms in total. The van der Waals surface area contributed by atoms with Crippen molar-refractivity contribution in [3.8, 4) is 0 Å². The average molecular weight is 312 g/mol. The molecular weight excluding hydrogens is 301 g/mol. The third-order valence-corrected chi connectivity index (χ3v) is 2.97. The fourth-order valence-electron chi connectivity index (χ4n) is 1.45. The van der Waals surface area contributed by atoms with Crippen LogP contribution in [0.1, 0.15) is 6.42 Å². The summed E-state index contributed by atoms with van der Waals surface area (Å²) in [6.45, 7) is 0.498. The molecule has 2 rings (SSSR count). The predicted molar refractivity (Wildman–Crippen MR) is 69.6 cm³/mol. The SMILES string of the molecule is O=C(CCn1cccn1)Nc1ccc(Br)c(F)c1. The summed E-state index contributed by atoms with van der Waals surface area (Å²) >= 11 is 3.05. The van der Waals surface area contributed by atoms with Crippen molar-refractivity contribution in [1.82, 2.24) is 9.78 Å². The molecule has 0 aliphatic heterocycles. The number of hydrogen-bond acceptors (Lipinski definition) is 2. The number of carbonyl (C=O) groups is 1. The van der Waals surface area contributed by atoms with Gasteiger partial charge in [-0.2, -0.15) is 5.10 Å². The number of benzene rings is 1. The number of carbonyl (C=O) groups excluding carboxylic acids is 1. The van der Waals surface area contributed by atoms with Crippen LogP contribution < -0.4 is 5.32 Å². The van der Waals surface area contributed by atoms with Gasteiger partial charge in [0.25, 0.3) is 0 Å². The summed E-state index contributed by atoms with van der Waals surface area (Å²) in [5, 5.41) is 6.62. The molecule has 1 aromatic carbocycles. The van der Waals surface area contributed by atoms with Gasteiger partial charge in [0.15, 0.2) is 0 Å². The number of amides is 1. The zero-order valence-corrected chi connectivity index (χ0v) is 11.0. The lowest BCUT2D eigenvalue weighted by Crippen LogP contribution is -2.14. The van der Waals surface area contributed by atoms with Gasteiger partial charge in [0.2, 0.25) is 5.91 Å². The van der Waals surface area contributed by atoms with Gasteiger partial charge in [-0.15, -0.1) is 0 Å². The topological polar surface area (TPSA) is 46.9 Å². The Hall–Kier alpha value is -1.69. The minimum Gasteiger partial charge on any atom is -0.326 e. The van der Waals surface area contributed by atoms with Gasteiger partial charge in [0.1, 0.15) is 5.82 Å². The molecule has 0 saturated carbocycles. The summed E-state index contributed by atoms with van der Waals surface area (Å²) in [4.78, 5) is 11.6. The fraction of sp³-hybridized carbons (Fsp3) is 0.167. The third kappa shape index (κ3) is 3.40. The molecule has 1 heterocycles. The van der Waals surface area contributed by atoms with Gasteiger partial charge in [0, 0.05) is 31.0 Å². The van der Waals surface area contributed by atoms with Gasteiger partial charge in [-0.05, 0) is 40.2 Å². The summed E-state index contributed by atoms with van der Waals surface area (Å²) in [6.07, 6.45) is 3.73. The average Bonchev–Trinajstić information content (AvgIpc) is 2.84. The van der Waals surface area contributed by atoms with E-state index in [2.05, 4.69) is 26.3 Å². The van der Waals surface area contributed by atoms with Crippen molar-refractivity contribution in [1.29, 1.82) is 0 Å². The van der Waals surface area contributed by atoms with Crippen molar-refractivity contribution >= 4 is 27.5 Å². The van der Waals surface area contributed by atoms with Crippen LogP contribution in [0.3, 0.4) is 0 Å². The molecule has 0 bridgehead atoms. The maximum Gasteiger partial charge on any atom is 0.226 e. The Morgan fingerprint density at radius 1 is 1.50 bits per heavy atom. The van der Waals surface area contributed by atoms with E-state index >= 15 is 0 Å². The van der Waals surface area contributed by atoms with Gasteiger partial charge >= 0.3 is 0 Å². The Bertz CT molecular complexity index is 542. The zero-order valence-electron chi connectivity index (χ0n) is 9.44. The molecule has 0 spiro atoms. The van der Waals surface area contributed by atoms with Crippen molar-refractivity contribution in [2.24, 2.45) is 0 Å². The molecule has 1 amide bonds. The molecule has 1 aromatic heterocycles. The van der Waals surface area contributed by atoms with E-state index < -0.39 is 5.82 Å². The quantitative estimate of drug-likeness (QED) is 0.943. The standard InChI is InChI=1S/C12H11BrFN3O/c13-10-3-2-9(8-11(10)14)16-12(18)4-7-17-6-1-5-15-17/h1-3,5-6,8H,4,7H2,(H,16,18). The first-order valence-electron chi connectivity index (χ1n) is 5.37. The smallest absolute Gasteiger partial charge is 0.226 e. The molecule has 0 saturated heterocycles. The molecule has 0 fully saturated rings. The summed E-state index contributed by atoms with van der Waals surface area (Å²) < 4.78 is 15.3. The van der Waals surface area contributed by atoms with E-state index in [1.165, 1.54) is 6.07 Å². The van der Waals surface area contributed by atoms with Crippen LogP contribution >= 0.6 is 15.9 Å². The van der Waals surface area contributed by atoms with Crippen LogP contribution in [0.4, 0.5) is 10.1 Å². The molecule has 94 valence electrons. The second-order valence-corrected chi connectivity index (χ2v) is 4.55. The molecule has 0 radical (unpaired) electrons. The normalized spacial score (nSPS) is 10.3. The third-order valence-electron chi connectivity index (χ3n) is 2.33. The van der Waals surface area contributed by atoms with E-state index in [0.717, 1.165) is 0 Å². The predicted octanol–water partition coefficient (Wildman–Crippen LogP) is 2.81. The largest absolute Gasteiger partial charge is 0.326 e. The molecule has 0 aliphatic carbocycles. The minimum atomic E-state index is -0.403. The van der Waals surface area contributed by atoms with Crippen molar-refractivity contribution in [2.75, 3.05) is 5.32 Å². The number of hydrogen-bond donors (Lipinski definition) is 1. The lowest BCUT2D eigenvalue weighted by atomic mass is 10.3. The fourth-order valence-corrected chi connectivity index (χ4v) is 1.69. The van der Waals surface area contributed by atoms with Gasteiger partial charge in [-0.25, -0.2) is 4.39 Å². The molecule has 18 heavy (non-hydrogen) atoms. The number of rotatable bonds is 4. The summed E-state index contributed by atoms with van der Waals surface area (Å²) in [6, 6.07) is 6.26. The van der Waals surface area contributed by atoms with Crippen molar-refractivity contribution < 1.29 is 9.18 Å². The van der Waals surface area contributed by atoms with Gasteiger partial charge < -0.3 is 5.32 Å². The molecule has 0 atom stereocenters. The number of aromatic nitrogens is 2. The molecular formula is C12H11BrFN3O. The monoisotopic (exact) mass is 311 g/mol. The first-order valence-corrected chi connectivity index (χ1v) is 6.17. The van der Waals surface area contributed by atoms with Crippen LogP contribution in [0.25, 0.3) is 0 Å². The number of aryl methyl sites for hydroxylation is 1. The highest BCUT2D eigenvalue weighted by atomic mass is 79.9. The van der Waals surface area contributed by atoms with E-state index in [0.29, 0.717) is 23.1 Å². The molecule has 2 aromatic rings. The van der Waals surface area contributed by atoms with Crippen LogP contribution in [-0.2, 0) is 11.3 Å². The van der Waals surface area contributed by atoms with E-state index in [4.69, 9.17) is 0 Å². The molecule has 1 N–H and O–H groups in total. The number of halogens is 2. The summed E-state index contributed by atoms with van der Waals surface area (Å²) in [7, 11) is 0. The van der Waals surface area contributed by atoms with Crippen LogP contribution in [-0.4, -0.2) is 15.7 Å². The Kier molecular flexibility index (Phi) is 4.09. The maximum atomic E-state index is 13.2. The highest BCUT2D eigenvalue weighted by Gasteiger charge is 2.05. The zero-order chi connectivity index (χ0) is 13.0. The Labute approximate surface area is 112 Å². The number of anilines is 1. The van der Waals surface area contributed by atoms with Crippen molar-refractivity contribution in [3.05, 3.63) is 46.9 Å². The molecule has 0 aliphatic rings. The van der Waals surface area contributed by atoms with E-state index in [1.807, 2.05) is 0 Å². The maximum absolute atomic E-state index is 13.2. The Balaban J connectivity index is 1.88. The first kappa shape index (κ1) is 12.8. The van der Waals surface area contributed by atoms with Crippen molar-refractivity contribution in [2.45, 2.75) is 13.0 Å². The summed E-state index contributed by atoms with van der Waals surface area (Å²) in [5.41, 5.74) is 0.446. The Morgan fingerprint density at radius 2 is 2.33 bits per heavy atom. The van der Waals surface area contributed by atoms with Crippen LogP contribution in [0.5, 0.6) is 0 Å². The highest BCUT2D eigenvalue weighted by Crippen LogP contribution is 2.19. The lowest BCUT2D eigenvalue weighted by Gasteiger charge is -2.06. The minimum absolute atomic E-state index is 0.174.